The van der Waals surface area contributed by atoms with E-state index in [1.807, 2.05) is 13.0 Å². The zero-order valence-electron chi connectivity index (χ0n) is 13.3. The van der Waals surface area contributed by atoms with Gasteiger partial charge in [0.05, 0.1) is 4.90 Å². The second-order valence-corrected chi connectivity index (χ2v) is 9.61. The molecule has 1 aromatic heterocycles. The zero-order chi connectivity index (χ0) is 15.6. The Morgan fingerprint density at radius 1 is 1.43 bits per heavy atom. The van der Waals surface area contributed by atoms with Crippen LogP contribution in [0.15, 0.2) is 11.0 Å². The minimum absolute atomic E-state index is 0.397. The van der Waals surface area contributed by atoms with E-state index in [2.05, 4.69) is 19.2 Å². The summed E-state index contributed by atoms with van der Waals surface area (Å²) in [6, 6.07) is 2.23. The molecule has 0 aliphatic heterocycles. The van der Waals surface area contributed by atoms with Crippen molar-refractivity contribution in [2.24, 2.45) is 5.92 Å². The molecule has 21 heavy (non-hydrogen) atoms. The maximum absolute atomic E-state index is 12.7. The second kappa shape index (κ2) is 6.77. The summed E-state index contributed by atoms with van der Waals surface area (Å²) >= 11 is 1.57. The standard InChI is InChI=1S/C15H26N2O2S2/c1-11(2)16-9-14-8-15(12(3)20-14)21(18,19)17(4)10-13-6-5-7-13/h8,11,13,16H,5-7,9-10H2,1-4H3. The number of hydrogen-bond donors (Lipinski definition) is 1. The van der Waals surface area contributed by atoms with Crippen molar-refractivity contribution in [2.75, 3.05) is 13.6 Å². The lowest BCUT2D eigenvalue weighted by atomic mass is 9.86. The van der Waals surface area contributed by atoms with E-state index in [0.717, 1.165) is 29.1 Å². The van der Waals surface area contributed by atoms with Crippen molar-refractivity contribution in [3.63, 3.8) is 0 Å². The van der Waals surface area contributed by atoms with Crippen molar-refractivity contribution < 1.29 is 8.42 Å². The van der Waals surface area contributed by atoms with E-state index in [1.54, 1.807) is 18.4 Å². The predicted octanol–water partition coefficient (Wildman–Crippen LogP) is 2.98. The van der Waals surface area contributed by atoms with Crippen LogP contribution in [0.25, 0.3) is 0 Å². The Bertz CT molecular complexity index is 574. The summed E-state index contributed by atoms with van der Waals surface area (Å²) in [4.78, 5) is 2.45. The van der Waals surface area contributed by atoms with E-state index < -0.39 is 10.0 Å². The molecule has 0 unspecified atom stereocenters. The molecule has 0 spiro atoms. The lowest BCUT2D eigenvalue weighted by Crippen LogP contribution is -2.34. The van der Waals surface area contributed by atoms with Crippen LogP contribution in [0.1, 0.15) is 42.9 Å². The first-order valence-corrected chi connectivity index (χ1v) is 9.85. The van der Waals surface area contributed by atoms with Crippen LogP contribution in [0.4, 0.5) is 0 Å². The van der Waals surface area contributed by atoms with Crippen molar-refractivity contribution in [3.8, 4) is 0 Å². The van der Waals surface area contributed by atoms with Gasteiger partial charge < -0.3 is 5.32 Å². The van der Waals surface area contributed by atoms with Gasteiger partial charge in [0.1, 0.15) is 0 Å². The predicted molar refractivity (Wildman–Crippen MR) is 88.2 cm³/mol. The molecule has 6 heteroatoms. The molecule has 0 saturated heterocycles. The van der Waals surface area contributed by atoms with Crippen LogP contribution in [0.3, 0.4) is 0 Å². The van der Waals surface area contributed by atoms with E-state index in [-0.39, 0.29) is 0 Å². The fourth-order valence-corrected chi connectivity index (χ4v) is 5.28. The van der Waals surface area contributed by atoms with Crippen LogP contribution in [0.5, 0.6) is 0 Å². The fraction of sp³-hybridized carbons (Fsp3) is 0.733. The molecule has 0 radical (unpaired) electrons. The van der Waals surface area contributed by atoms with E-state index in [9.17, 15) is 8.42 Å². The highest BCUT2D eigenvalue weighted by Crippen LogP contribution is 2.31. The molecule has 0 bridgehead atoms. The SMILES string of the molecule is Cc1sc(CNC(C)C)cc1S(=O)(=O)N(C)CC1CCC1. The minimum Gasteiger partial charge on any atom is -0.310 e. The highest BCUT2D eigenvalue weighted by atomic mass is 32.2. The van der Waals surface area contributed by atoms with Gasteiger partial charge in [0, 0.05) is 35.9 Å². The third-order valence-electron chi connectivity index (χ3n) is 4.04. The molecule has 1 heterocycles. The maximum atomic E-state index is 12.7. The van der Waals surface area contributed by atoms with Gasteiger partial charge >= 0.3 is 0 Å². The zero-order valence-corrected chi connectivity index (χ0v) is 15.0. The average molecular weight is 331 g/mol. The molecule has 4 nitrogen and oxygen atoms in total. The van der Waals surface area contributed by atoms with Crippen molar-refractivity contribution in [2.45, 2.75) is 57.5 Å². The number of nitrogens with zero attached hydrogens (tertiary/aromatic N) is 1. The molecule has 0 atom stereocenters. The molecule has 2 rings (SSSR count). The first-order valence-electron chi connectivity index (χ1n) is 7.59. The van der Waals surface area contributed by atoms with Crippen molar-refractivity contribution in [3.05, 3.63) is 15.8 Å². The molecular weight excluding hydrogens is 304 g/mol. The molecule has 1 saturated carbocycles. The quantitative estimate of drug-likeness (QED) is 0.836. The van der Waals surface area contributed by atoms with Crippen molar-refractivity contribution >= 4 is 21.4 Å². The van der Waals surface area contributed by atoms with Crippen LogP contribution in [0, 0.1) is 12.8 Å². The lowest BCUT2D eigenvalue weighted by Gasteiger charge is -2.29. The van der Waals surface area contributed by atoms with Gasteiger partial charge in [-0.1, -0.05) is 20.3 Å². The second-order valence-electron chi connectivity index (χ2n) is 6.25. The molecule has 1 fully saturated rings. The molecule has 1 N–H and O–H groups in total. The Kier molecular flexibility index (Phi) is 5.46. The summed E-state index contributed by atoms with van der Waals surface area (Å²) in [6.07, 6.45) is 3.55. The summed E-state index contributed by atoms with van der Waals surface area (Å²) in [5, 5.41) is 3.34. The molecule has 120 valence electrons. The van der Waals surface area contributed by atoms with Gasteiger partial charge in [-0.25, -0.2) is 12.7 Å². The Morgan fingerprint density at radius 2 is 2.10 bits per heavy atom. The number of nitrogens with one attached hydrogen (secondary N) is 1. The van der Waals surface area contributed by atoms with Gasteiger partial charge in [0.15, 0.2) is 0 Å². The summed E-state index contributed by atoms with van der Waals surface area (Å²) in [5.74, 6) is 0.547. The Hall–Kier alpha value is -0.430. The largest absolute Gasteiger partial charge is 0.310 e. The molecule has 0 aromatic carbocycles. The third-order valence-corrected chi connectivity index (χ3v) is 7.17. The first-order chi connectivity index (χ1) is 9.80. The normalized spacial score (nSPS) is 16.7. The highest BCUT2D eigenvalue weighted by molar-refractivity contribution is 7.89. The number of hydrogen-bond acceptors (Lipinski definition) is 4. The van der Waals surface area contributed by atoms with Crippen LogP contribution < -0.4 is 5.32 Å². The number of sulfonamides is 1. The highest BCUT2D eigenvalue weighted by Gasteiger charge is 2.28. The van der Waals surface area contributed by atoms with Gasteiger partial charge in [-0.05, 0) is 31.7 Å². The van der Waals surface area contributed by atoms with E-state index in [4.69, 9.17) is 0 Å². The van der Waals surface area contributed by atoms with E-state index in [1.165, 1.54) is 10.7 Å². The van der Waals surface area contributed by atoms with Crippen molar-refractivity contribution in [1.82, 2.24) is 9.62 Å². The summed E-state index contributed by atoms with van der Waals surface area (Å²) in [5.41, 5.74) is 0. The first kappa shape index (κ1) is 16.9. The number of aryl methyl sites for hydroxylation is 1. The van der Waals surface area contributed by atoms with Crippen LogP contribution in [-0.4, -0.2) is 32.4 Å². The summed E-state index contributed by atoms with van der Waals surface area (Å²) < 4.78 is 26.9. The average Bonchev–Trinajstić information content (AvgIpc) is 2.73. The smallest absolute Gasteiger partial charge is 0.243 e. The van der Waals surface area contributed by atoms with Gasteiger partial charge in [0.2, 0.25) is 10.0 Å². The van der Waals surface area contributed by atoms with Gasteiger partial charge in [-0.15, -0.1) is 11.3 Å². The number of rotatable bonds is 7. The summed E-state index contributed by atoms with van der Waals surface area (Å²) in [7, 11) is -1.64. The Balaban J connectivity index is 2.11. The fourth-order valence-electron chi connectivity index (χ4n) is 2.48. The number of thiophene rings is 1. The van der Waals surface area contributed by atoms with Crippen LogP contribution >= 0.6 is 11.3 Å². The van der Waals surface area contributed by atoms with Crippen LogP contribution in [-0.2, 0) is 16.6 Å². The van der Waals surface area contributed by atoms with Gasteiger partial charge in [-0.3, -0.25) is 0 Å². The molecular formula is C15H26N2O2S2. The monoisotopic (exact) mass is 330 g/mol. The van der Waals surface area contributed by atoms with Crippen LogP contribution in [0.2, 0.25) is 0 Å². The van der Waals surface area contributed by atoms with E-state index >= 15 is 0 Å². The van der Waals surface area contributed by atoms with E-state index in [0.29, 0.717) is 23.4 Å². The van der Waals surface area contributed by atoms with Gasteiger partial charge in [-0.2, -0.15) is 0 Å². The minimum atomic E-state index is -3.34. The molecule has 1 aliphatic rings. The summed E-state index contributed by atoms with van der Waals surface area (Å²) in [6.45, 7) is 7.45. The molecule has 1 aromatic rings. The molecule has 1 aliphatic carbocycles. The Labute approximate surface area is 132 Å². The topological polar surface area (TPSA) is 49.4 Å². The van der Waals surface area contributed by atoms with Gasteiger partial charge in [0.25, 0.3) is 0 Å². The lowest BCUT2D eigenvalue weighted by molar-refractivity contribution is 0.263. The third kappa shape index (κ3) is 4.06. The van der Waals surface area contributed by atoms with Crippen molar-refractivity contribution in [1.29, 1.82) is 0 Å². The Morgan fingerprint density at radius 3 is 2.62 bits per heavy atom. The molecule has 0 amide bonds. The maximum Gasteiger partial charge on any atom is 0.243 e.